The third-order valence-electron chi connectivity index (χ3n) is 18.3. The van der Waals surface area contributed by atoms with E-state index in [4.69, 9.17) is 28.4 Å². The van der Waals surface area contributed by atoms with E-state index in [0.29, 0.717) is 12.8 Å². The van der Waals surface area contributed by atoms with E-state index in [0.717, 1.165) is 44.9 Å². The summed E-state index contributed by atoms with van der Waals surface area (Å²) in [5.41, 5.74) is 0. The smallest absolute Gasteiger partial charge is 0.220 e. The maximum absolute atomic E-state index is 13.4. The molecule has 0 aromatic rings. The summed E-state index contributed by atoms with van der Waals surface area (Å²) in [5, 5.41) is 120. The summed E-state index contributed by atoms with van der Waals surface area (Å²) in [6, 6.07) is -0.995. The number of unbranched alkanes of at least 4 members (excludes halogenated alkanes) is 35. The van der Waals surface area contributed by atoms with Crippen molar-refractivity contribution in [1.82, 2.24) is 5.32 Å². The summed E-state index contributed by atoms with van der Waals surface area (Å²) in [5.74, 6) is -0.288. The Kier molecular flexibility index (Phi) is 50.0. The standard InChI is InChI=1S/C73H133NO18/c1-3-5-7-9-11-13-15-17-18-19-20-21-22-23-24-25-26-27-28-29-30-31-32-33-34-35-36-37-38-39-41-43-45-47-49-51-61(79)74-56(57(78)50-48-46-44-42-40-16-14-12-10-8-6-4-2)55-87-71-67(85)64(82)69(59(53-76)89-71)92-73-68(86)65(83)70(60(54-77)90-73)91-72-66(84)63(81)62(80)58(52-75)88-72/h10,12,19-20,40,42,48,50,56-60,62-73,75-78,80-86H,3-9,11,13-18,21-39,41,43-47,49,51-55H2,1-2H3,(H,74,79)/b12-10+,20-19-,42-40+,50-48+. The zero-order valence-electron chi connectivity index (χ0n) is 57.0. The Balaban J connectivity index is 1.32. The van der Waals surface area contributed by atoms with Crippen LogP contribution >= 0.6 is 0 Å². The molecule has 3 rings (SSSR count). The molecular formula is C73H133NO18. The molecule has 0 aliphatic carbocycles. The first kappa shape index (κ1) is 84.0. The number of rotatable bonds is 57. The van der Waals surface area contributed by atoms with Crippen LogP contribution in [0.3, 0.4) is 0 Å². The first-order valence-electron chi connectivity index (χ1n) is 36.9. The topological polar surface area (TPSA) is 307 Å². The summed E-state index contributed by atoms with van der Waals surface area (Å²) in [7, 11) is 0. The highest BCUT2D eigenvalue weighted by Crippen LogP contribution is 2.33. The predicted octanol–water partition coefficient (Wildman–Crippen LogP) is 10.6. The SMILES string of the molecule is CCCC/C=C/CC/C=C/CC/C=C/C(O)C(COC1OC(CO)C(OC2OC(CO)C(OC3OC(CO)C(O)C(O)C3O)C(O)C2O)C(O)C1O)NC(=O)CCCCCCCCCCCCCCCCCCCCCCCCC/C=C\CCCCCCCCCC. The van der Waals surface area contributed by atoms with E-state index in [1.165, 1.54) is 199 Å². The van der Waals surface area contributed by atoms with Gasteiger partial charge in [-0.1, -0.05) is 255 Å². The van der Waals surface area contributed by atoms with Gasteiger partial charge in [-0.05, 0) is 64.2 Å². The molecule has 0 radical (unpaired) electrons. The second kappa shape index (κ2) is 54.7. The van der Waals surface area contributed by atoms with Gasteiger partial charge >= 0.3 is 0 Å². The quantitative estimate of drug-likeness (QED) is 0.0199. The van der Waals surface area contributed by atoms with Gasteiger partial charge in [0.05, 0.1) is 38.6 Å². The molecule has 3 heterocycles. The number of hydrogen-bond acceptors (Lipinski definition) is 18. The van der Waals surface area contributed by atoms with Crippen molar-refractivity contribution < 1.29 is 89.4 Å². The lowest BCUT2D eigenvalue weighted by Gasteiger charge is -2.48. The number of aliphatic hydroxyl groups is 11. The lowest BCUT2D eigenvalue weighted by atomic mass is 9.96. The van der Waals surface area contributed by atoms with E-state index < -0.39 is 124 Å². The van der Waals surface area contributed by atoms with Crippen LogP contribution in [0.15, 0.2) is 48.6 Å². The number of allylic oxidation sites excluding steroid dienone is 7. The minimum absolute atomic E-state index is 0.234. The Morgan fingerprint density at radius 3 is 1.12 bits per heavy atom. The molecule has 1 amide bonds. The van der Waals surface area contributed by atoms with Crippen LogP contribution in [0.4, 0.5) is 0 Å². The van der Waals surface area contributed by atoms with Gasteiger partial charge < -0.3 is 89.9 Å². The molecule has 0 aromatic heterocycles. The molecule has 19 nitrogen and oxygen atoms in total. The Labute approximate surface area is 554 Å². The molecular weight excluding hydrogens is 1180 g/mol. The van der Waals surface area contributed by atoms with Gasteiger partial charge in [0.25, 0.3) is 0 Å². The van der Waals surface area contributed by atoms with Gasteiger partial charge in [-0.15, -0.1) is 0 Å². The fourth-order valence-corrected chi connectivity index (χ4v) is 12.3. The molecule has 3 aliphatic rings. The van der Waals surface area contributed by atoms with Crippen molar-refractivity contribution in [1.29, 1.82) is 0 Å². The summed E-state index contributed by atoms with van der Waals surface area (Å²) in [4.78, 5) is 13.4. The fraction of sp³-hybridized carbons (Fsp3) is 0.877. The van der Waals surface area contributed by atoms with Gasteiger partial charge in [0.1, 0.15) is 73.2 Å². The maximum Gasteiger partial charge on any atom is 0.220 e. The van der Waals surface area contributed by atoms with Crippen molar-refractivity contribution in [2.45, 2.75) is 381 Å². The van der Waals surface area contributed by atoms with Crippen LogP contribution in [0.5, 0.6) is 0 Å². The Morgan fingerprint density at radius 2 is 0.707 bits per heavy atom. The van der Waals surface area contributed by atoms with Crippen LogP contribution in [0.2, 0.25) is 0 Å². The number of ether oxygens (including phenoxy) is 6. The Bertz CT molecular complexity index is 1860. The highest BCUT2D eigenvalue weighted by atomic mass is 16.8. The minimum atomic E-state index is -1.98. The average Bonchev–Trinajstić information content (AvgIpc) is 0.819. The number of nitrogens with one attached hydrogen (secondary N) is 1. The van der Waals surface area contributed by atoms with Gasteiger partial charge in [0.15, 0.2) is 18.9 Å². The molecule has 12 N–H and O–H groups in total. The summed E-state index contributed by atoms with van der Waals surface area (Å²) < 4.78 is 34.3. The summed E-state index contributed by atoms with van der Waals surface area (Å²) in [6.45, 7) is 1.66. The largest absolute Gasteiger partial charge is 0.394 e. The zero-order valence-corrected chi connectivity index (χ0v) is 57.0. The fourth-order valence-electron chi connectivity index (χ4n) is 12.3. The first-order chi connectivity index (χ1) is 44.8. The van der Waals surface area contributed by atoms with E-state index >= 15 is 0 Å². The van der Waals surface area contributed by atoms with E-state index in [-0.39, 0.29) is 18.9 Å². The highest BCUT2D eigenvalue weighted by Gasteiger charge is 2.53. The van der Waals surface area contributed by atoms with Crippen molar-refractivity contribution in [3.05, 3.63) is 48.6 Å². The van der Waals surface area contributed by atoms with E-state index in [2.05, 4.69) is 55.6 Å². The van der Waals surface area contributed by atoms with Crippen LogP contribution in [0.25, 0.3) is 0 Å². The molecule has 0 spiro atoms. The van der Waals surface area contributed by atoms with Gasteiger partial charge in [0.2, 0.25) is 5.91 Å². The molecule has 538 valence electrons. The molecule has 0 bridgehead atoms. The normalized spacial score (nSPS) is 27.9. The van der Waals surface area contributed by atoms with Gasteiger partial charge in [-0.3, -0.25) is 4.79 Å². The minimum Gasteiger partial charge on any atom is -0.394 e. The molecule has 92 heavy (non-hydrogen) atoms. The molecule has 3 fully saturated rings. The molecule has 3 aliphatic heterocycles. The van der Waals surface area contributed by atoms with Gasteiger partial charge in [0, 0.05) is 6.42 Å². The van der Waals surface area contributed by atoms with Crippen LogP contribution in [0.1, 0.15) is 277 Å². The second-order valence-corrected chi connectivity index (χ2v) is 26.4. The molecule has 17 unspecified atom stereocenters. The molecule has 0 aromatic carbocycles. The van der Waals surface area contributed by atoms with E-state index in [9.17, 15) is 61.0 Å². The van der Waals surface area contributed by atoms with Crippen molar-refractivity contribution in [2.75, 3.05) is 26.4 Å². The number of carbonyl (C=O) groups excluding carboxylic acids is 1. The molecule has 3 saturated heterocycles. The van der Waals surface area contributed by atoms with Gasteiger partial charge in [-0.25, -0.2) is 0 Å². The second-order valence-electron chi connectivity index (χ2n) is 26.4. The number of aliphatic hydroxyl groups excluding tert-OH is 11. The van der Waals surface area contributed by atoms with Crippen LogP contribution in [-0.2, 0) is 33.2 Å². The monoisotopic (exact) mass is 1310 g/mol. The predicted molar refractivity (Wildman–Crippen MR) is 360 cm³/mol. The van der Waals surface area contributed by atoms with E-state index in [1.807, 2.05) is 6.08 Å². The Morgan fingerprint density at radius 1 is 0.380 bits per heavy atom. The third-order valence-corrected chi connectivity index (χ3v) is 18.3. The summed E-state index contributed by atoms with van der Waals surface area (Å²) >= 11 is 0. The lowest BCUT2D eigenvalue weighted by Crippen LogP contribution is -2.66. The van der Waals surface area contributed by atoms with Crippen LogP contribution in [-0.4, -0.2) is 193 Å². The number of amides is 1. The number of carbonyl (C=O) groups is 1. The maximum atomic E-state index is 13.4. The lowest BCUT2D eigenvalue weighted by molar-refractivity contribution is -0.379. The molecule has 17 atom stereocenters. The summed E-state index contributed by atoms with van der Waals surface area (Å²) in [6.07, 6.45) is 40.0. The highest BCUT2D eigenvalue weighted by molar-refractivity contribution is 5.76. The Hall–Kier alpha value is -2.25. The first-order valence-corrected chi connectivity index (χ1v) is 36.9. The van der Waals surface area contributed by atoms with Crippen molar-refractivity contribution in [3.63, 3.8) is 0 Å². The van der Waals surface area contributed by atoms with E-state index in [1.54, 1.807) is 6.08 Å². The molecule has 0 saturated carbocycles. The van der Waals surface area contributed by atoms with Crippen LogP contribution in [0, 0.1) is 0 Å². The van der Waals surface area contributed by atoms with Gasteiger partial charge in [-0.2, -0.15) is 0 Å². The van der Waals surface area contributed by atoms with Crippen molar-refractivity contribution in [2.24, 2.45) is 0 Å². The molecule has 19 heteroatoms. The van der Waals surface area contributed by atoms with Crippen LogP contribution < -0.4 is 5.32 Å². The zero-order chi connectivity index (χ0) is 66.8. The van der Waals surface area contributed by atoms with Crippen molar-refractivity contribution >= 4 is 5.91 Å². The third kappa shape index (κ3) is 35.8. The van der Waals surface area contributed by atoms with Crippen molar-refractivity contribution in [3.8, 4) is 0 Å². The number of hydrogen-bond donors (Lipinski definition) is 12. The average molecular weight is 1310 g/mol.